The first-order chi connectivity index (χ1) is 9.63. The predicted molar refractivity (Wildman–Crippen MR) is 72.6 cm³/mol. The van der Waals surface area contributed by atoms with Gasteiger partial charge >= 0.3 is 6.18 Å². The van der Waals surface area contributed by atoms with Crippen molar-refractivity contribution in [1.82, 2.24) is 9.71 Å². The van der Waals surface area contributed by atoms with Gasteiger partial charge in [0.05, 0.1) is 9.92 Å². The molecular weight excluding hydrogens is 329 g/mol. The Morgan fingerprint density at radius 2 is 1.90 bits per heavy atom. The summed E-state index contributed by atoms with van der Waals surface area (Å²) in [6.07, 6.45) is -1.98. The van der Waals surface area contributed by atoms with Crippen molar-refractivity contribution in [2.45, 2.75) is 24.0 Å². The Morgan fingerprint density at radius 1 is 1.24 bits per heavy atom. The number of aromatic nitrogens is 1. The van der Waals surface area contributed by atoms with E-state index in [4.69, 9.17) is 11.6 Å². The Morgan fingerprint density at radius 3 is 2.52 bits per heavy atom. The van der Waals surface area contributed by atoms with Gasteiger partial charge in [-0.05, 0) is 25.1 Å². The first-order valence-corrected chi connectivity index (χ1v) is 7.60. The molecule has 0 unspecified atom stereocenters. The Hall–Kier alpha value is -1.38. The SMILES string of the molecule is C[C@H](NS(=O)(=O)c1ccc(Cl)c2cnccc12)C(F)(F)F. The summed E-state index contributed by atoms with van der Waals surface area (Å²) in [5.41, 5.74) is 0. The molecule has 0 bridgehead atoms. The van der Waals surface area contributed by atoms with E-state index >= 15 is 0 Å². The Labute approximate surface area is 124 Å². The molecule has 0 aliphatic rings. The molecule has 1 aromatic heterocycles. The van der Waals surface area contributed by atoms with E-state index in [-0.39, 0.29) is 15.3 Å². The minimum Gasteiger partial charge on any atom is -0.264 e. The van der Waals surface area contributed by atoms with Gasteiger partial charge in [0, 0.05) is 23.2 Å². The lowest BCUT2D eigenvalue weighted by Gasteiger charge is -2.18. The lowest BCUT2D eigenvalue weighted by Crippen LogP contribution is -2.43. The number of sulfonamides is 1. The van der Waals surface area contributed by atoms with E-state index in [0.29, 0.717) is 5.39 Å². The van der Waals surface area contributed by atoms with Crippen molar-refractivity contribution in [2.75, 3.05) is 0 Å². The number of hydrogen-bond donors (Lipinski definition) is 1. The van der Waals surface area contributed by atoms with Crippen LogP contribution in [-0.4, -0.2) is 25.6 Å². The first kappa shape index (κ1) is 16.0. The zero-order valence-corrected chi connectivity index (χ0v) is 12.2. The van der Waals surface area contributed by atoms with Crippen molar-refractivity contribution in [1.29, 1.82) is 0 Å². The minimum atomic E-state index is -4.67. The van der Waals surface area contributed by atoms with Crippen LogP contribution in [0.4, 0.5) is 13.2 Å². The number of nitrogens with zero attached hydrogens (tertiary/aromatic N) is 1. The quantitative estimate of drug-likeness (QED) is 0.935. The van der Waals surface area contributed by atoms with Crippen molar-refractivity contribution < 1.29 is 21.6 Å². The maximum atomic E-state index is 12.5. The number of alkyl halides is 3. The van der Waals surface area contributed by atoms with Gasteiger partial charge in [-0.1, -0.05) is 11.6 Å². The van der Waals surface area contributed by atoms with Gasteiger partial charge in [-0.25, -0.2) is 8.42 Å². The van der Waals surface area contributed by atoms with Gasteiger partial charge in [-0.2, -0.15) is 17.9 Å². The molecule has 9 heteroatoms. The molecule has 1 N–H and O–H groups in total. The number of halogens is 4. The van der Waals surface area contributed by atoms with Crippen molar-refractivity contribution >= 4 is 32.4 Å². The summed E-state index contributed by atoms with van der Waals surface area (Å²) < 4.78 is 63.4. The lowest BCUT2D eigenvalue weighted by molar-refractivity contribution is -0.147. The van der Waals surface area contributed by atoms with Gasteiger partial charge in [0.25, 0.3) is 0 Å². The van der Waals surface area contributed by atoms with Gasteiger partial charge in [-0.15, -0.1) is 0 Å². The Balaban J connectivity index is 2.54. The number of rotatable bonds is 3. The van der Waals surface area contributed by atoms with Crippen LogP contribution < -0.4 is 4.72 Å². The average Bonchev–Trinajstić information content (AvgIpc) is 2.37. The fourth-order valence-corrected chi connectivity index (χ4v) is 3.38. The van der Waals surface area contributed by atoms with E-state index < -0.39 is 22.2 Å². The van der Waals surface area contributed by atoms with Crippen molar-refractivity contribution in [3.63, 3.8) is 0 Å². The number of fused-ring (bicyclic) bond motifs is 1. The van der Waals surface area contributed by atoms with Crippen LogP contribution in [0, 0.1) is 0 Å². The standard InChI is InChI=1S/C12H10ClF3N2O2S/c1-7(12(14,15)16)18-21(19,20)11-3-2-10(13)9-6-17-5-4-8(9)11/h2-7,18H,1H3/t7-/m0/s1. The highest BCUT2D eigenvalue weighted by Crippen LogP contribution is 2.29. The number of nitrogens with one attached hydrogen (secondary N) is 1. The summed E-state index contributed by atoms with van der Waals surface area (Å²) in [4.78, 5) is 3.54. The van der Waals surface area contributed by atoms with Crippen LogP contribution in [0.15, 0.2) is 35.5 Å². The molecule has 1 heterocycles. The molecule has 1 aromatic carbocycles. The second-order valence-corrected chi connectivity index (χ2v) is 6.44. The molecule has 1 atom stereocenters. The van der Waals surface area contributed by atoms with Crippen molar-refractivity contribution in [2.24, 2.45) is 0 Å². The van der Waals surface area contributed by atoms with Gasteiger partial charge in [0.15, 0.2) is 0 Å². The highest BCUT2D eigenvalue weighted by molar-refractivity contribution is 7.89. The van der Waals surface area contributed by atoms with Gasteiger partial charge in [0.2, 0.25) is 10.0 Å². The van der Waals surface area contributed by atoms with E-state index in [9.17, 15) is 21.6 Å². The maximum Gasteiger partial charge on any atom is 0.404 e. The van der Waals surface area contributed by atoms with Crippen molar-refractivity contribution in [3.8, 4) is 0 Å². The summed E-state index contributed by atoms with van der Waals surface area (Å²) >= 11 is 5.92. The van der Waals surface area contributed by atoms with Crippen molar-refractivity contribution in [3.05, 3.63) is 35.6 Å². The molecule has 0 spiro atoms. The topological polar surface area (TPSA) is 59.1 Å². The monoisotopic (exact) mass is 338 g/mol. The molecule has 0 saturated carbocycles. The van der Waals surface area contributed by atoms with E-state index in [2.05, 4.69) is 4.98 Å². The number of hydrogen-bond acceptors (Lipinski definition) is 3. The average molecular weight is 339 g/mol. The number of pyridine rings is 1. The largest absolute Gasteiger partial charge is 0.404 e. The third-order valence-corrected chi connectivity index (χ3v) is 4.77. The summed E-state index contributed by atoms with van der Waals surface area (Å²) in [6.45, 7) is 0.733. The molecule has 0 saturated heterocycles. The van der Waals surface area contributed by atoms with Crippen LogP contribution in [0.25, 0.3) is 10.8 Å². The van der Waals surface area contributed by atoms with Crippen LogP contribution in [-0.2, 0) is 10.0 Å². The fourth-order valence-electron chi connectivity index (χ4n) is 1.73. The van der Waals surface area contributed by atoms with Crippen LogP contribution >= 0.6 is 11.6 Å². The minimum absolute atomic E-state index is 0.208. The molecule has 0 amide bonds. The normalized spacial score (nSPS) is 14.3. The van der Waals surface area contributed by atoms with E-state index in [1.165, 1.54) is 24.5 Å². The molecule has 2 aromatic rings. The third-order valence-electron chi connectivity index (χ3n) is 2.84. The van der Waals surface area contributed by atoms with Gasteiger partial charge in [0.1, 0.15) is 6.04 Å². The summed E-state index contributed by atoms with van der Waals surface area (Å²) in [5, 5.41) is 0.821. The molecule has 0 fully saturated rings. The molecule has 0 radical (unpaired) electrons. The zero-order chi connectivity index (χ0) is 15.8. The Kier molecular flexibility index (Phi) is 4.14. The van der Waals surface area contributed by atoms with Crippen LogP contribution in [0.2, 0.25) is 5.02 Å². The molecule has 0 aliphatic heterocycles. The third kappa shape index (κ3) is 3.28. The fraction of sp³-hybridized carbons (Fsp3) is 0.250. The maximum absolute atomic E-state index is 12.5. The van der Waals surface area contributed by atoms with E-state index in [0.717, 1.165) is 13.0 Å². The van der Waals surface area contributed by atoms with Gasteiger partial charge in [-0.3, -0.25) is 4.98 Å². The molecule has 21 heavy (non-hydrogen) atoms. The lowest BCUT2D eigenvalue weighted by atomic mass is 10.2. The highest BCUT2D eigenvalue weighted by atomic mass is 35.5. The highest BCUT2D eigenvalue weighted by Gasteiger charge is 2.39. The van der Waals surface area contributed by atoms with Crippen LogP contribution in [0.5, 0.6) is 0 Å². The molecule has 0 aliphatic carbocycles. The summed E-state index contributed by atoms with van der Waals surface area (Å²) in [5.74, 6) is 0. The molecule has 4 nitrogen and oxygen atoms in total. The van der Waals surface area contributed by atoms with E-state index in [1.807, 2.05) is 0 Å². The summed E-state index contributed by atoms with van der Waals surface area (Å²) in [6, 6.07) is 1.65. The second kappa shape index (κ2) is 5.43. The summed E-state index contributed by atoms with van der Waals surface area (Å²) in [7, 11) is -4.34. The number of benzene rings is 1. The smallest absolute Gasteiger partial charge is 0.264 e. The zero-order valence-electron chi connectivity index (χ0n) is 10.6. The van der Waals surface area contributed by atoms with Crippen LogP contribution in [0.1, 0.15) is 6.92 Å². The Bertz CT molecular complexity index is 778. The molecule has 2 rings (SSSR count). The predicted octanol–water partition coefficient (Wildman–Crippen LogP) is 3.12. The molecule has 114 valence electrons. The van der Waals surface area contributed by atoms with Crippen LogP contribution in [0.3, 0.4) is 0 Å². The second-order valence-electron chi connectivity index (χ2n) is 4.35. The van der Waals surface area contributed by atoms with E-state index in [1.54, 1.807) is 4.72 Å². The van der Waals surface area contributed by atoms with Gasteiger partial charge < -0.3 is 0 Å². The first-order valence-electron chi connectivity index (χ1n) is 5.74. The molecular formula is C12H10ClF3N2O2S.